The van der Waals surface area contributed by atoms with Gasteiger partial charge in [-0.2, -0.15) is 0 Å². The maximum absolute atomic E-state index is 5.98. The summed E-state index contributed by atoms with van der Waals surface area (Å²) in [4.78, 5) is 9.20. The Kier molecular flexibility index (Phi) is 13.6. The molecule has 3 aromatic rings. The van der Waals surface area contributed by atoms with E-state index in [0.29, 0.717) is 6.61 Å². The topological polar surface area (TPSA) is 44.2 Å². The van der Waals surface area contributed by atoms with Crippen LogP contribution in [0.3, 0.4) is 0 Å². The molecule has 0 radical (unpaired) electrons. The number of nitrogens with zero attached hydrogens (tertiary/aromatic N) is 2. The third kappa shape index (κ3) is 11.4. The third-order valence-electron chi connectivity index (χ3n) is 6.73. The zero-order valence-electron chi connectivity index (χ0n) is 23.1. The van der Waals surface area contributed by atoms with Crippen molar-refractivity contribution in [3.05, 3.63) is 72.1 Å². The lowest BCUT2D eigenvalue weighted by Gasteiger charge is -2.09. The number of hydrogen-bond donors (Lipinski definition) is 0. The molecular formula is C33H46N2O2. The van der Waals surface area contributed by atoms with Crippen molar-refractivity contribution in [3.8, 4) is 22.9 Å². The van der Waals surface area contributed by atoms with Gasteiger partial charge in [-0.1, -0.05) is 90.2 Å². The lowest BCUT2D eigenvalue weighted by molar-refractivity contribution is 0.300. The minimum atomic E-state index is 0.528. The second-order valence-corrected chi connectivity index (χ2v) is 10.0. The fraction of sp³-hybridized carbons (Fsp3) is 0.515. The first-order valence-electron chi connectivity index (χ1n) is 14.5. The molecule has 0 bridgehead atoms. The maximum atomic E-state index is 5.98. The van der Waals surface area contributed by atoms with E-state index in [1.165, 1.54) is 76.2 Å². The zero-order chi connectivity index (χ0) is 26.0. The van der Waals surface area contributed by atoms with Gasteiger partial charge < -0.3 is 9.47 Å². The number of aromatic nitrogens is 2. The summed E-state index contributed by atoms with van der Waals surface area (Å²) >= 11 is 0. The van der Waals surface area contributed by atoms with E-state index in [1.54, 1.807) is 0 Å². The highest BCUT2D eigenvalue weighted by Gasteiger charge is 2.04. The second-order valence-electron chi connectivity index (χ2n) is 10.0. The fourth-order valence-corrected chi connectivity index (χ4v) is 4.36. The third-order valence-corrected chi connectivity index (χ3v) is 6.73. The summed E-state index contributed by atoms with van der Waals surface area (Å²) < 4.78 is 11.8. The van der Waals surface area contributed by atoms with Gasteiger partial charge in [0.05, 0.1) is 6.61 Å². The van der Waals surface area contributed by atoms with Crippen LogP contribution in [-0.4, -0.2) is 16.6 Å². The zero-order valence-corrected chi connectivity index (χ0v) is 23.1. The van der Waals surface area contributed by atoms with Crippen molar-refractivity contribution in [1.29, 1.82) is 0 Å². The van der Waals surface area contributed by atoms with Crippen molar-refractivity contribution in [2.45, 2.75) is 104 Å². The van der Waals surface area contributed by atoms with Crippen LogP contribution in [0.4, 0.5) is 0 Å². The molecule has 37 heavy (non-hydrogen) atoms. The molecule has 0 N–H and O–H groups in total. The van der Waals surface area contributed by atoms with E-state index >= 15 is 0 Å². The Hall–Kier alpha value is -2.88. The molecule has 200 valence electrons. The van der Waals surface area contributed by atoms with E-state index in [4.69, 9.17) is 9.47 Å². The molecule has 1 aromatic heterocycles. The lowest BCUT2D eigenvalue weighted by atomic mass is 10.1. The molecular weight excluding hydrogens is 456 g/mol. The Morgan fingerprint density at radius 1 is 0.541 bits per heavy atom. The highest BCUT2D eigenvalue weighted by Crippen LogP contribution is 2.21. The predicted octanol–water partition coefficient (Wildman–Crippen LogP) is 9.36. The van der Waals surface area contributed by atoms with Crippen LogP contribution in [0.1, 0.15) is 102 Å². The van der Waals surface area contributed by atoms with Crippen LogP contribution >= 0.6 is 0 Å². The smallest absolute Gasteiger partial charge is 0.159 e. The number of ether oxygens (including phenoxy) is 2. The van der Waals surface area contributed by atoms with Crippen molar-refractivity contribution < 1.29 is 9.47 Å². The molecule has 0 fully saturated rings. The fourth-order valence-electron chi connectivity index (χ4n) is 4.36. The van der Waals surface area contributed by atoms with Crippen LogP contribution in [0.25, 0.3) is 11.4 Å². The van der Waals surface area contributed by atoms with Gasteiger partial charge in [0, 0.05) is 18.0 Å². The van der Waals surface area contributed by atoms with Crippen LogP contribution < -0.4 is 9.47 Å². The quantitative estimate of drug-likeness (QED) is 0.153. The number of rotatable bonds is 19. The van der Waals surface area contributed by atoms with Crippen molar-refractivity contribution in [3.63, 3.8) is 0 Å². The molecule has 0 saturated carbocycles. The maximum Gasteiger partial charge on any atom is 0.159 e. The molecule has 0 aliphatic heterocycles. The van der Waals surface area contributed by atoms with Gasteiger partial charge in [0.25, 0.3) is 0 Å². The lowest BCUT2D eigenvalue weighted by Crippen LogP contribution is -1.99. The summed E-state index contributed by atoms with van der Waals surface area (Å²) in [5, 5.41) is 0. The largest absolute Gasteiger partial charge is 0.494 e. The Bertz CT molecular complexity index is 969. The van der Waals surface area contributed by atoms with Crippen LogP contribution in [0.5, 0.6) is 11.5 Å². The molecule has 0 spiro atoms. The van der Waals surface area contributed by atoms with Crippen LogP contribution in [0.2, 0.25) is 0 Å². The SMILES string of the molecule is CCCCCCCCCCc1cnc(-c2ccc(OCc3ccc(OCCCCCC)cc3)cc2)nc1. The van der Waals surface area contributed by atoms with Gasteiger partial charge >= 0.3 is 0 Å². The summed E-state index contributed by atoms with van der Waals surface area (Å²) in [5.74, 6) is 2.52. The number of benzene rings is 2. The van der Waals surface area contributed by atoms with E-state index in [1.807, 2.05) is 48.8 Å². The van der Waals surface area contributed by atoms with Crippen LogP contribution in [-0.2, 0) is 13.0 Å². The van der Waals surface area contributed by atoms with Crippen LogP contribution in [0, 0.1) is 0 Å². The molecule has 4 nitrogen and oxygen atoms in total. The Morgan fingerprint density at radius 3 is 1.73 bits per heavy atom. The Balaban J connectivity index is 1.35. The highest BCUT2D eigenvalue weighted by atomic mass is 16.5. The van der Waals surface area contributed by atoms with Crippen molar-refractivity contribution in [1.82, 2.24) is 9.97 Å². The van der Waals surface area contributed by atoms with E-state index in [2.05, 4.69) is 35.9 Å². The first-order chi connectivity index (χ1) is 18.3. The average molecular weight is 503 g/mol. The number of aryl methyl sites for hydroxylation is 1. The molecule has 0 saturated heterocycles. The Morgan fingerprint density at radius 2 is 1.08 bits per heavy atom. The van der Waals surface area contributed by atoms with E-state index in [-0.39, 0.29) is 0 Å². The van der Waals surface area contributed by atoms with E-state index < -0.39 is 0 Å². The van der Waals surface area contributed by atoms with Gasteiger partial charge in [-0.25, -0.2) is 9.97 Å². The molecule has 0 unspecified atom stereocenters. The standard InChI is InChI=1S/C33H46N2O2/c1-3-5-7-9-10-11-12-13-15-29-25-34-33(35-26-29)30-18-22-32(23-19-30)37-27-28-16-20-31(21-17-28)36-24-14-8-6-4-2/h16-23,25-26H,3-15,24,27H2,1-2H3. The van der Waals surface area contributed by atoms with Gasteiger partial charge in [-0.05, 0) is 66.8 Å². The first-order valence-corrected chi connectivity index (χ1v) is 14.5. The van der Waals surface area contributed by atoms with Crippen LogP contribution in [0.15, 0.2) is 60.9 Å². The highest BCUT2D eigenvalue weighted by molar-refractivity contribution is 5.55. The van der Waals surface area contributed by atoms with Crippen molar-refractivity contribution >= 4 is 0 Å². The van der Waals surface area contributed by atoms with E-state index in [0.717, 1.165) is 47.9 Å². The number of unbranched alkanes of at least 4 members (excludes halogenated alkanes) is 10. The molecule has 0 amide bonds. The molecule has 3 rings (SSSR count). The first kappa shape index (κ1) is 28.7. The molecule has 0 aliphatic carbocycles. The van der Waals surface area contributed by atoms with Gasteiger partial charge in [0.1, 0.15) is 18.1 Å². The van der Waals surface area contributed by atoms with Gasteiger partial charge in [0.15, 0.2) is 5.82 Å². The monoisotopic (exact) mass is 502 g/mol. The summed E-state index contributed by atoms with van der Waals surface area (Å²) in [7, 11) is 0. The van der Waals surface area contributed by atoms with Crippen molar-refractivity contribution in [2.24, 2.45) is 0 Å². The minimum Gasteiger partial charge on any atom is -0.494 e. The summed E-state index contributed by atoms with van der Waals surface area (Å²) in [6.45, 7) is 5.81. The molecule has 0 aliphatic rings. The molecule has 1 heterocycles. The van der Waals surface area contributed by atoms with E-state index in [9.17, 15) is 0 Å². The summed E-state index contributed by atoms with van der Waals surface area (Å²) in [5.41, 5.74) is 3.35. The molecule has 0 atom stereocenters. The predicted molar refractivity (Wildman–Crippen MR) is 154 cm³/mol. The second kappa shape index (κ2) is 17.6. The Labute approximate surface area is 224 Å². The minimum absolute atomic E-state index is 0.528. The van der Waals surface area contributed by atoms with Crippen molar-refractivity contribution in [2.75, 3.05) is 6.61 Å². The van der Waals surface area contributed by atoms with Gasteiger partial charge in [-0.3, -0.25) is 0 Å². The van der Waals surface area contributed by atoms with Gasteiger partial charge in [0.2, 0.25) is 0 Å². The summed E-state index contributed by atoms with van der Waals surface area (Å²) in [6.07, 6.45) is 20.6. The van der Waals surface area contributed by atoms with Gasteiger partial charge in [-0.15, -0.1) is 0 Å². The molecule has 2 aromatic carbocycles. The summed E-state index contributed by atoms with van der Waals surface area (Å²) in [6, 6.07) is 16.2. The average Bonchev–Trinajstić information content (AvgIpc) is 2.94. The molecule has 4 heteroatoms. The normalized spacial score (nSPS) is 11.0. The number of hydrogen-bond acceptors (Lipinski definition) is 4.